The molecule has 0 amide bonds. The Bertz CT molecular complexity index is 1270. The van der Waals surface area contributed by atoms with Gasteiger partial charge in [0.1, 0.15) is 4.83 Å². The normalized spacial score (nSPS) is 15.9. The summed E-state index contributed by atoms with van der Waals surface area (Å²) in [5.74, 6) is 1.31. The molecule has 0 aliphatic heterocycles. The minimum atomic E-state index is 0.0855. The van der Waals surface area contributed by atoms with E-state index < -0.39 is 0 Å². The number of nitrogens with zero attached hydrogens (tertiary/aromatic N) is 2. The number of aromatic nitrogens is 2. The van der Waals surface area contributed by atoms with Crippen molar-refractivity contribution >= 4 is 33.3 Å². The summed E-state index contributed by atoms with van der Waals surface area (Å²) in [5, 5.41) is 1.64. The quantitative estimate of drug-likeness (QED) is 0.258. The number of thioether (sulfide) groups is 1. The molecule has 5 rings (SSSR count). The summed E-state index contributed by atoms with van der Waals surface area (Å²) in [7, 11) is 0. The summed E-state index contributed by atoms with van der Waals surface area (Å²) in [5.41, 5.74) is 4.73. The molecule has 2 aromatic heterocycles. The third kappa shape index (κ3) is 3.97. The summed E-state index contributed by atoms with van der Waals surface area (Å²) in [6.07, 6.45) is 4.37. The van der Waals surface area contributed by atoms with Crippen LogP contribution >= 0.6 is 23.1 Å². The van der Waals surface area contributed by atoms with Gasteiger partial charge < -0.3 is 0 Å². The fourth-order valence-electron chi connectivity index (χ4n) is 4.44. The van der Waals surface area contributed by atoms with E-state index in [1.165, 1.54) is 28.0 Å². The Morgan fingerprint density at radius 2 is 1.90 bits per heavy atom. The zero-order chi connectivity index (χ0) is 21.4. The lowest BCUT2D eigenvalue weighted by molar-refractivity contribution is 0.601. The number of hydrogen-bond acceptors (Lipinski definition) is 4. The van der Waals surface area contributed by atoms with E-state index in [1.807, 2.05) is 22.8 Å². The van der Waals surface area contributed by atoms with Gasteiger partial charge in [0, 0.05) is 10.6 Å². The van der Waals surface area contributed by atoms with E-state index in [1.54, 1.807) is 23.1 Å². The van der Waals surface area contributed by atoms with Crippen LogP contribution in [-0.4, -0.2) is 15.3 Å². The Balaban J connectivity index is 1.61. The van der Waals surface area contributed by atoms with Gasteiger partial charge in [-0.05, 0) is 61.8 Å². The summed E-state index contributed by atoms with van der Waals surface area (Å²) >= 11 is 3.41. The molecule has 31 heavy (non-hydrogen) atoms. The topological polar surface area (TPSA) is 34.9 Å². The standard InChI is InChI=1S/C26H26N2OS2/c1-17-11-13-20(14-12-17)28-25(29)23-22-18(2)7-6-10-21(22)31-24(23)27-26(28)30-16-15-19-8-4-3-5-9-19/h3-5,8-9,11-14,18H,6-7,10,15-16H2,1-2H3/t18-/m0/s1. The molecule has 2 heterocycles. The molecule has 4 aromatic rings. The van der Waals surface area contributed by atoms with Crippen molar-refractivity contribution in [2.24, 2.45) is 0 Å². The van der Waals surface area contributed by atoms with Crippen molar-refractivity contribution in [3.05, 3.63) is 86.5 Å². The maximum absolute atomic E-state index is 13.9. The van der Waals surface area contributed by atoms with E-state index in [0.717, 1.165) is 46.1 Å². The molecular formula is C26H26N2OS2. The van der Waals surface area contributed by atoms with E-state index in [4.69, 9.17) is 4.98 Å². The van der Waals surface area contributed by atoms with Crippen molar-refractivity contribution in [2.45, 2.75) is 50.6 Å². The zero-order valence-electron chi connectivity index (χ0n) is 17.9. The van der Waals surface area contributed by atoms with Gasteiger partial charge in [0.2, 0.25) is 0 Å². The molecular weight excluding hydrogens is 420 g/mol. The molecule has 0 fully saturated rings. The van der Waals surface area contributed by atoms with Crippen molar-refractivity contribution in [1.29, 1.82) is 0 Å². The van der Waals surface area contributed by atoms with Crippen LogP contribution in [-0.2, 0) is 12.8 Å². The van der Waals surface area contributed by atoms with Crippen molar-refractivity contribution < 1.29 is 0 Å². The molecule has 0 saturated carbocycles. The van der Waals surface area contributed by atoms with Crippen molar-refractivity contribution in [1.82, 2.24) is 9.55 Å². The summed E-state index contributed by atoms with van der Waals surface area (Å²) in [6, 6.07) is 18.7. The number of thiophene rings is 1. The fraction of sp³-hybridized carbons (Fsp3) is 0.308. The second-order valence-corrected chi connectivity index (χ2v) is 10.5. The van der Waals surface area contributed by atoms with Gasteiger partial charge in [-0.3, -0.25) is 9.36 Å². The third-order valence-electron chi connectivity index (χ3n) is 6.10. The van der Waals surface area contributed by atoms with E-state index in [-0.39, 0.29) is 5.56 Å². The maximum Gasteiger partial charge on any atom is 0.267 e. The molecule has 0 N–H and O–H groups in total. The second-order valence-electron chi connectivity index (χ2n) is 8.37. The van der Waals surface area contributed by atoms with E-state index in [9.17, 15) is 4.79 Å². The van der Waals surface area contributed by atoms with Gasteiger partial charge >= 0.3 is 0 Å². The minimum Gasteiger partial charge on any atom is -0.268 e. The highest BCUT2D eigenvalue weighted by atomic mass is 32.2. The van der Waals surface area contributed by atoms with Crippen molar-refractivity contribution in [3.8, 4) is 5.69 Å². The monoisotopic (exact) mass is 446 g/mol. The highest BCUT2D eigenvalue weighted by molar-refractivity contribution is 7.99. The van der Waals surface area contributed by atoms with E-state index in [0.29, 0.717) is 5.92 Å². The minimum absolute atomic E-state index is 0.0855. The zero-order valence-corrected chi connectivity index (χ0v) is 19.6. The fourth-order valence-corrected chi connectivity index (χ4v) is 6.82. The van der Waals surface area contributed by atoms with Crippen LogP contribution in [0.25, 0.3) is 15.9 Å². The van der Waals surface area contributed by atoms with Gasteiger partial charge in [-0.2, -0.15) is 0 Å². The van der Waals surface area contributed by atoms with Crippen LogP contribution in [0.5, 0.6) is 0 Å². The molecule has 2 aromatic carbocycles. The Kier molecular flexibility index (Phi) is 5.72. The Labute approximate surface area is 191 Å². The molecule has 1 aliphatic rings. The predicted molar refractivity (Wildman–Crippen MR) is 132 cm³/mol. The van der Waals surface area contributed by atoms with Crippen molar-refractivity contribution in [3.63, 3.8) is 0 Å². The Morgan fingerprint density at radius 3 is 2.68 bits per heavy atom. The third-order valence-corrected chi connectivity index (χ3v) is 8.20. The van der Waals surface area contributed by atoms with Crippen LogP contribution in [0.4, 0.5) is 0 Å². The summed E-state index contributed by atoms with van der Waals surface area (Å²) in [4.78, 5) is 21.2. The van der Waals surface area contributed by atoms with Crippen LogP contribution in [0.2, 0.25) is 0 Å². The first-order valence-corrected chi connectivity index (χ1v) is 12.7. The van der Waals surface area contributed by atoms with Gasteiger partial charge in [-0.15, -0.1) is 11.3 Å². The van der Waals surface area contributed by atoms with Crippen LogP contribution in [0.1, 0.15) is 47.3 Å². The number of aryl methyl sites for hydroxylation is 3. The molecule has 0 bridgehead atoms. The number of benzene rings is 2. The highest BCUT2D eigenvalue weighted by Crippen LogP contribution is 2.41. The maximum atomic E-state index is 13.9. The molecule has 0 saturated heterocycles. The lowest BCUT2D eigenvalue weighted by atomic mass is 9.88. The van der Waals surface area contributed by atoms with Gasteiger partial charge in [0.25, 0.3) is 5.56 Å². The highest BCUT2D eigenvalue weighted by Gasteiger charge is 2.26. The molecule has 0 unspecified atom stereocenters. The first-order chi connectivity index (χ1) is 15.1. The van der Waals surface area contributed by atoms with Crippen molar-refractivity contribution in [2.75, 3.05) is 5.75 Å². The first kappa shape index (κ1) is 20.5. The second kappa shape index (κ2) is 8.64. The molecule has 3 nitrogen and oxygen atoms in total. The number of rotatable bonds is 5. The first-order valence-electron chi connectivity index (χ1n) is 10.9. The van der Waals surface area contributed by atoms with Crippen LogP contribution < -0.4 is 5.56 Å². The number of fused-ring (bicyclic) bond motifs is 3. The van der Waals surface area contributed by atoms with Gasteiger partial charge in [-0.1, -0.05) is 66.7 Å². The molecule has 158 valence electrons. The summed E-state index contributed by atoms with van der Waals surface area (Å²) in [6.45, 7) is 4.32. The van der Waals surface area contributed by atoms with E-state index >= 15 is 0 Å². The average molecular weight is 447 g/mol. The summed E-state index contributed by atoms with van der Waals surface area (Å²) < 4.78 is 1.84. The van der Waals surface area contributed by atoms with Gasteiger partial charge in [-0.25, -0.2) is 4.98 Å². The van der Waals surface area contributed by atoms with Gasteiger partial charge in [0.15, 0.2) is 5.16 Å². The lowest BCUT2D eigenvalue weighted by Crippen LogP contribution is -2.22. The smallest absolute Gasteiger partial charge is 0.267 e. The van der Waals surface area contributed by atoms with Gasteiger partial charge in [0.05, 0.1) is 11.1 Å². The Hall–Kier alpha value is -2.37. The molecule has 5 heteroatoms. The molecule has 1 aliphatic carbocycles. The average Bonchev–Trinajstić information content (AvgIpc) is 3.16. The number of hydrogen-bond donors (Lipinski definition) is 0. The molecule has 1 atom stereocenters. The predicted octanol–water partition coefficient (Wildman–Crippen LogP) is 6.53. The van der Waals surface area contributed by atoms with Crippen LogP contribution in [0.15, 0.2) is 64.5 Å². The molecule has 0 spiro atoms. The largest absolute Gasteiger partial charge is 0.268 e. The van der Waals surface area contributed by atoms with Crippen LogP contribution in [0, 0.1) is 6.92 Å². The van der Waals surface area contributed by atoms with E-state index in [2.05, 4.69) is 50.2 Å². The molecule has 0 radical (unpaired) electrons. The van der Waals surface area contributed by atoms with Crippen LogP contribution in [0.3, 0.4) is 0 Å². The lowest BCUT2D eigenvalue weighted by Gasteiger charge is -2.19. The Morgan fingerprint density at radius 1 is 1.13 bits per heavy atom. The SMILES string of the molecule is Cc1ccc(-n2c(SCCc3ccccc3)nc3sc4c(c3c2=O)[C@@H](C)CCC4)cc1.